The zero-order valence-electron chi connectivity index (χ0n) is 18.0. The van der Waals surface area contributed by atoms with E-state index in [-0.39, 0.29) is 29.2 Å². The Bertz CT molecular complexity index is 944. The molecule has 0 saturated heterocycles. The molecule has 3 N–H and O–H groups in total. The molecule has 4 aliphatic carbocycles. The van der Waals surface area contributed by atoms with E-state index in [9.17, 15) is 18.7 Å². The van der Waals surface area contributed by atoms with Crippen LogP contribution in [0.4, 0.5) is 4.39 Å². The van der Waals surface area contributed by atoms with Gasteiger partial charge in [0.2, 0.25) is 10.0 Å². The van der Waals surface area contributed by atoms with Crippen molar-refractivity contribution < 1.29 is 23.1 Å². The van der Waals surface area contributed by atoms with Gasteiger partial charge >= 0.3 is 0 Å². The maximum atomic E-state index is 15.8. The Labute approximate surface area is 177 Å². The summed E-state index contributed by atoms with van der Waals surface area (Å²) in [6.45, 7) is 5.93. The number of halogens is 1. The molecule has 0 bridgehead atoms. The molecule has 0 aliphatic heterocycles. The third-order valence-electron chi connectivity index (χ3n) is 8.79. The van der Waals surface area contributed by atoms with E-state index in [1.807, 2.05) is 20.8 Å². The van der Waals surface area contributed by atoms with Crippen molar-refractivity contribution in [2.24, 2.45) is 38.8 Å². The Balaban J connectivity index is 1.73. The van der Waals surface area contributed by atoms with Crippen LogP contribution in [-0.4, -0.2) is 48.2 Å². The molecule has 3 fully saturated rings. The summed E-state index contributed by atoms with van der Waals surface area (Å²) in [5.74, 6) is 0.187. The van der Waals surface area contributed by atoms with Gasteiger partial charge in [0.05, 0.1) is 11.9 Å². The summed E-state index contributed by atoms with van der Waals surface area (Å²) in [5.41, 5.74) is -0.249. The topological polar surface area (TPSA) is 111 Å². The standard InChI is InChI=1S/C21H32FN3O4S/c1-19-11-17(24-27)16(23-25-30(4,28)29)9-12(19)5-6-13-14-7-8-21(3,26)20(14,2)10-15(22)18(13)19/h9,13-15,18,25-27H,5-8,10-11H2,1-4H3/b23-16+,24-17-/t13-,14-,15-,18+,19-,20-,21-/m0/s1. The number of fused-ring (bicyclic) bond motifs is 5. The van der Waals surface area contributed by atoms with Gasteiger partial charge in [0.1, 0.15) is 17.6 Å². The van der Waals surface area contributed by atoms with Gasteiger partial charge < -0.3 is 10.3 Å². The van der Waals surface area contributed by atoms with E-state index in [1.54, 1.807) is 6.08 Å². The van der Waals surface area contributed by atoms with Gasteiger partial charge in [-0.2, -0.15) is 5.10 Å². The van der Waals surface area contributed by atoms with Gasteiger partial charge in [0.25, 0.3) is 0 Å². The Hall–Kier alpha value is -1.48. The first-order valence-corrected chi connectivity index (χ1v) is 12.5. The molecular weight excluding hydrogens is 409 g/mol. The van der Waals surface area contributed by atoms with Gasteiger partial charge in [-0.05, 0) is 56.9 Å². The molecule has 9 heteroatoms. The second-order valence-corrected chi connectivity index (χ2v) is 12.2. The van der Waals surface area contributed by atoms with Crippen LogP contribution in [0.3, 0.4) is 0 Å². The van der Waals surface area contributed by atoms with Crippen LogP contribution >= 0.6 is 0 Å². The predicted octanol–water partition coefficient (Wildman–Crippen LogP) is 2.99. The third-order valence-corrected chi connectivity index (χ3v) is 9.21. The fourth-order valence-corrected chi connectivity index (χ4v) is 7.36. The van der Waals surface area contributed by atoms with Crippen LogP contribution in [0, 0.1) is 28.6 Å². The molecular formula is C21H32FN3O4S. The number of aliphatic hydroxyl groups is 1. The molecule has 0 aromatic heterocycles. The first-order valence-electron chi connectivity index (χ1n) is 10.7. The van der Waals surface area contributed by atoms with Crippen LogP contribution in [0.25, 0.3) is 0 Å². The van der Waals surface area contributed by atoms with Crippen molar-refractivity contribution in [3.8, 4) is 0 Å². The molecule has 0 spiro atoms. The van der Waals surface area contributed by atoms with Gasteiger partial charge in [-0.15, -0.1) is 0 Å². The quantitative estimate of drug-likeness (QED) is 0.452. The van der Waals surface area contributed by atoms with E-state index in [0.717, 1.165) is 31.1 Å². The molecule has 7 nitrogen and oxygen atoms in total. The summed E-state index contributed by atoms with van der Waals surface area (Å²) < 4.78 is 38.7. The van der Waals surface area contributed by atoms with Crippen molar-refractivity contribution in [2.75, 3.05) is 6.26 Å². The summed E-state index contributed by atoms with van der Waals surface area (Å²) in [6.07, 6.45) is 5.52. The molecule has 3 saturated carbocycles. The van der Waals surface area contributed by atoms with E-state index in [0.29, 0.717) is 19.3 Å². The summed E-state index contributed by atoms with van der Waals surface area (Å²) >= 11 is 0. The van der Waals surface area contributed by atoms with Crippen LogP contribution < -0.4 is 4.83 Å². The second-order valence-electron chi connectivity index (χ2n) is 10.5. The van der Waals surface area contributed by atoms with Gasteiger partial charge in [-0.1, -0.05) is 24.6 Å². The Kier molecular flexibility index (Phi) is 4.90. The van der Waals surface area contributed by atoms with Gasteiger partial charge in [0.15, 0.2) is 0 Å². The highest BCUT2D eigenvalue weighted by Gasteiger charge is 2.65. The lowest BCUT2D eigenvalue weighted by Crippen LogP contribution is -2.58. The van der Waals surface area contributed by atoms with Gasteiger partial charge in [0, 0.05) is 23.2 Å². The molecule has 168 valence electrons. The number of rotatable bonds is 2. The number of oxime groups is 1. The first kappa shape index (κ1) is 21.7. The van der Waals surface area contributed by atoms with Crippen molar-refractivity contribution >= 4 is 21.4 Å². The number of hydrogen-bond donors (Lipinski definition) is 3. The van der Waals surface area contributed by atoms with Gasteiger partial charge in [-0.3, -0.25) is 0 Å². The van der Waals surface area contributed by atoms with E-state index < -0.39 is 32.6 Å². The maximum absolute atomic E-state index is 15.8. The first-order chi connectivity index (χ1) is 13.8. The number of sulfonamides is 1. The van der Waals surface area contributed by atoms with Crippen LogP contribution in [0.5, 0.6) is 0 Å². The van der Waals surface area contributed by atoms with Crippen molar-refractivity contribution in [1.29, 1.82) is 0 Å². The summed E-state index contributed by atoms with van der Waals surface area (Å²) in [5, 5.41) is 27.9. The van der Waals surface area contributed by atoms with E-state index >= 15 is 4.39 Å². The molecule has 30 heavy (non-hydrogen) atoms. The lowest BCUT2D eigenvalue weighted by Gasteiger charge is -2.59. The average molecular weight is 442 g/mol. The summed E-state index contributed by atoms with van der Waals surface area (Å²) in [7, 11) is -3.54. The Morgan fingerprint density at radius 1 is 1.27 bits per heavy atom. The lowest BCUT2D eigenvalue weighted by molar-refractivity contribution is -0.144. The third kappa shape index (κ3) is 3.11. The van der Waals surface area contributed by atoms with Crippen molar-refractivity contribution in [1.82, 2.24) is 4.83 Å². The van der Waals surface area contributed by atoms with E-state index in [1.165, 1.54) is 0 Å². The zero-order valence-corrected chi connectivity index (χ0v) is 18.8. The lowest BCUT2D eigenvalue weighted by atomic mass is 9.46. The van der Waals surface area contributed by atoms with Crippen LogP contribution in [-0.2, 0) is 10.0 Å². The smallest absolute Gasteiger partial charge is 0.244 e. The second kappa shape index (κ2) is 6.76. The molecule has 7 atom stereocenters. The molecule has 0 amide bonds. The van der Waals surface area contributed by atoms with Crippen molar-refractivity contribution in [2.45, 2.75) is 71.1 Å². The summed E-state index contributed by atoms with van der Waals surface area (Å²) in [6, 6.07) is 0. The fourth-order valence-electron chi connectivity index (χ4n) is 7.09. The number of nitrogens with zero attached hydrogens (tertiary/aromatic N) is 2. The van der Waals surface area contributed by atoms with Crippen molar-refractivity contribution in [3.63, 3.8) is 0 Å². The highest BCUT2D eigenvalue weighted by atomic mass is 32.2. The largest absolute Gasteiger partial charge is 0.411 e. The van der Waals surface area contributed by atoms with E-state index in [4.69, 9.17) is 0 Å². The molecule has 0 unspecified atom stereocenters. The normalized spacial score (nSPS) is 48.7. The van der Waals surface area contributed by atoms with Crippen LogP contribution in [0.1, 0.15) is 59.3 Å². The number of allylic oxidation sites excluding steroid dienone is 2. The molecule has 4 aliphatic rings. The number of hydrazone groups is 1. The molecule has 0 aromatic rings. The SMILES string of the molecule is C[C@]12CC(=N/O)/C(=N/NS(C)(=O)=O)C=C1CC[C@@H]1[C@@H]2[C@@H](F)C[C@@]2(C)[C@H]1CC[C@]2(C)O. The molecule has 4 rings (SSSR count). The maximum Gasteiger partial charge on any atom is 0.244 e. The van der Waals surface area contributed by atoms with Crippen LogP contribution in [0.2, 0.25) is 0 Å². The number of alkyl halides is 1. The highest BCUT2D eigenvalue weighted by Crippen LogP contribution is 2.67. The highest BCUT2D eigenvalue weighted by molar-refractivity contribution is 7.88. The minimum Gasteiger partial charge on any atom is -0.411 e. The fraction of sp³-hybridized carbons (Fsp3) is 0.810. The Morgan fingerprint density at radius 3 is 2.60 bits per heavy atom. The monoisotopic (exact) mass is 441 g/mol. The minimum atomic E-state index is -3.54. The minimum absolute atomic E-state index is 0.155. The zero-order chi connectivity index (χ0) is 22.1. The predicted molar refractivity (Wildman–Crippen MR) is 113 cm³/mol. The number of hydrogen-bond acceptors (Lipinski definition) is 6. The summed E-state index contributed by atoms with van der Waals surface area (Å²) in [4.78, 5) is 2.10. The molecule has 0 heterocycles. The van der Waals surface area contributed by atoms with Crippen molar-refractivity contribution in [3.05, 3.63) is 11.6 Å². The molecule has 0 aromatic carbocycles. The van der Waals surface area contributed by atoms with Gasteiger partial charge in [-0.25, -0.2) is 17.6 Å². The number of nitrogens with one attached hydrogen (secondary N) is 1. The Morgan fingerprint density at radius 2 is 1.97 bits per heavy atom. The van der Waals surface area contributed by atoms with Crippen LogP contribution in [0.15, 0.2) is 21.9 Å². The average Bonchev–Trinajstić information content (AvgIpc) is 2.87. The molecule has 0 radical (unpaired) electrons. The van der Waals surface area contributed by atoms with E-state index in [2.05, 4.69) is 15.1 Å².